The zero-order valence-electron chi connectivity index (χ0n) is 9.86. The topological polar surface area (TPSA) is 38.3 Å². The van der Waals surface area contributed by atoms with Gasteiger partial charge in [0.1, 0.15) is 5.75 Å². The van der Waals surface area contributed by atoms with E-state index in [0.717, 1.165) is 30.3 Å². The van der Waals surface area contributed by atoms with E-state index in [2.05, 4.69) is 5.32 Å². The van der Waals surface area contributed by atoms with Gasteiger partial charge in [-0.25, -0.2) is 0 Å². The highest BCUT2D eigenvalue weighted by atomic mass is 32.2. The lowest BCUT2D eigenvalue weighted by atomic mass is 10.2. The highest BCUT2D eigenvalue weighted by Crippen LogP contribution is 2.10. The number of benzene rings is 1. The van der Waals surface area contributed by atoms with Crippen molar-refractivity contribution in [1.82, 2.24) is 5.32 Å². The van der Waals surface area contributed by atoms with Crippen LogP contribution in [0.2, 0.25) is 0 Å². The van der Waals surface area contributed by atoms with Gasteiger partial charge >= 0.3 is 0 Å². The van der Waals surface area contributed by atoms with Crippen LogP contribution in [0.15, 0.2) is 24.3 Å². The summed E-state index contributed by atoms with van der Waals surface area (Å²) in [5, 5.41) is 3.27. The molecule has 0 aliphatic rings. The second-order valence-electron chi connectivity index (χ2n) is 3.46. The Morgan fingerprint density at radius 3 is 2.56 bits per heavy atom. The first-order valence-electron chi connectivity index (χ1n) is 5.45. The summed E-state index contributed by atoms with van der Waals surface area (Å²) < 4.78 is 16.2. The molecular weight excluding hydrogens is 222 g/mol. The van der Waals surface area contributed by atoms with Gasteiger partial charge in [0, 0.05) is 35.4 Å². The van der Waals surface area contributed by atoms with Crippen molar-refractivity contribution in [2.45, 2.75) is 13.5 Å². The van der Waals surface area contributed by atoms with Crippen LogP contribution in [0.5, 0.6) is 5.75 Å². The van der Waals surface area contributed by atoms with Gasteiger partial charge in [-0.15, -0.1) is 0 Å². The molecule has 1 aromatic rings. The summed E-state index contributed by atoms with van der Waals surface area (Å²) >= 11 is 0. The molecular formula is C12H19NO2S. The molecule has 1 N–H and O–H groups in total. The molecule has 1 unspecified atom stereocenters. The fourth-order valence-electron chi connectivity index (χ4n) is 1.31. The van der Waals surface area contributed by atoms with Gasteiger partial charge < -0.3 is 10.1 Å². The van der Waals surface area contributed by atoms with E-state index < -0.39 is 10.8 Å². The monoisotopic (exact) mass is 241 g/mol. The van der Waals surface area contributed by atoms with Crippen LogP contribution >= 0.6 is 0 Å². The van der Waals surface area contributed by atoms with Gasteiger partial charge in [-0.05, 0) is 17.7 Å². The van der Waals surface area contributed by atoms with Crippen molar-refractivity contribution >= 4 is 10.8 Å². The van der Waals surface area contributed by atoms with Crippen LogP contribution in [-0.2, 0) is 17.3 Å². The van der Waals surface area contributed by atoms with Crippen molar-refractivity contribution < 1.29 is 8.95 Å². The molecule has 0 aliphatic carbocycles. The van der Waals surface area contributed by atoms with E-state index in [-0.39, 0.29) is 0 Å². The van der Waals surface area contributed by atoms with Gasteiger partial charge in [-0.2, -0.15) is 0 Å². The Morgan fingerprint density at radius 1 is 1.31 bits per heavy atom. The molecule has 0 amide bonds. The lowest BCUT2D eigenvalue weighted by Crippen LogP contribution is -2.20. The fourth-order valence-corrected chi connectivity index (χ4v) is 1.97. The Labute approximate surface area is 99.7 Å². The maximum atomic E-state index is 11.2. The van der Waals surface area contributed by atoms with Crippen molar-refractivity contribution in [3.8, 4) is 5.75 Å². The second kappa shape index (κ2) is 7.41. The van der Waals surface area contributed by atoms with Crippen molar-refractivity contribution in [2.24, 2.45) is 0 Å². The van der Waals surface area contributed by atoms with E-state index in [4.69, 9.17) is 4.74 Å². The lowest BCUT2D eigenvalue weighted by Gasteiger charge is -2.05. The summed E-state index contributed by atoms with van der Waals surface area (Å²) in [6, 6.07) is 7.95. The fraction of sp³-hybridized carbons (Fsp3) is 0.500. The number of methoxy groups -OCH3 is 1. The third-order valence-corrected chi connectivity index (χ3v) is 3.62. The molecule has 90 valence electrons. The first kappa shape index (κ1) is 13.2. The Morgan fingerprint density at radius 2 is 2.00 bits per heavy atom. The Bertz CT molecular complexity index is 324. The third kappa shape index (κ3) is 4.77. The minimum Gasteiger partial charge on any atom is -0.497 e. The Balaban J connectivity index is 2.24. The van der Waals surface area contributed by atoms with Gasteiger partial charge in [0.05, 0.1) is 7.11 Å². The third-order valence-electron chi connectivity index (χ3n) is 2.32. The SMILES string of the molecule is CCS(=O)CCNCc1ccc(OC)cc1. The standard InChI is InChI=1S/C12H19NO2S/c1-3-16(14)9-8-13-10-11-4-6-12(15-2)7-5-11/h4-7,13H,3,8-10H2,1-2H3. The summed E-state index contributed by atoms with van der Waals surface area (Å²) in [6.45, 7) is 3.55. The zero-order valence-corrected chi connectivity index (χ0v) is 10.7. The average molecular weight is 241 g/mol. The largest absolute Gasteiger partial charge is 0.497 e. The summed E-state index contributed by atoms with van der Waals surface area (Å²) in [5.41, 5.74) is 1.21. The van der Waals surface area contributed by atoms with E-state index >= 15 is 0 Å². The summed E-state index contributed by atoms with van der Waals surface area (Å²) in [5.74, 6) is 2.34. The molecule has 0 spiro atoms. The smallest absolute Gasteiger partial charge is 0.118 e. The molecule has 1 aromatic carbocycles. The molecule has 0 radical (unpaired) electrons. The van der Waals surface area contributed by atoms with Gasteiger partial charge in [0.15, 0.2) is 0 Å². The molecule has 16 heavy (non-hydrogen) atoms. The van der Waals surface area contributed by atoms with Crippen LogP contribution < -0.4 is 10.1 Å². The van der Waals surface area contributed by atoms with Crippen LogP contribution in [0.3, 0.4) is 0 Å². The second-order valence-corrected chi connectivity index (χ2v) is 5.32. The molecule has 1 atom stereocenters. The first-order chi connectivity index (χ1) is 7.76. The lowest BCUT2D eigenvalue weighted by molar-refractivity contribution is 0.414. The van der Waals surface area contributed by atoms with E-state index in [0.29, 0.717) is 0 Å². The number of hydrogen-bond acceptors (Lipinski definition) is 3. The molecule has 0 aliphatic heterocycles. The Hall–Kier alpha value is -0.870. The van der Waals surface area contributed by atoms with Crippen molar-refractivity contribution in [3.05, 3.63) is 29.8 Å². The molecule has 4 heteroatoms. The maximum Gasteiger partial charge on any atom is 0.118 e. The predicted octanol–water partition coefficient (Wildman–Crippen LogP) is 1.55. The molecule has 1 rings (SSSR count). The number of ether oxygens (including phenoxy) is 1. The minimum absolute atomic E-state index is 0.672. The van der Waals surface area contributed by atoms with Gasteiger partial charge in [-0.3, -0.25) is 4.21 Å². The maximum absolute atomic E-state index is 11.2. The highest BCUT2D eigenvalue weighted by molar-refractivity contribution is 7.84. The van der Waals surface area contributed by atoms with Crippen LogP contribution in [-0.4, -0.2) is 29.4 Å². The van der Waals surface area contributed by atoms with Crippen LogP contribution in [0.1, 0.15) is 12.5 Å². The summed E-state index contributed by atoms with van der Waals surface area (Å²) in [7, 11) is 0.988. The van der Waals surface area contributed by atoms with Crippen LogP contribution in [0.25, 0.3) is 0 Å². The van der Waals surface area contributed by atoms with Gasteiger partial charge in [0.2, 0.25) is 0 Å². The average Bonchev–Trinajstić information content (AvgIpc) is 2.35. The predicted molar refractivity (Wildman–Crippen MR) is 68.3 cm³/mol. The van der Waals surface area contributed by atoms with Crippen molar-refractivity contribution in [2.75, 3.05) is 25.2 Å². The van der Waals surface area contributed by atoms with Crippen molar-refractivity contribution in [3.63, 3.8) is 0 Å². The molecule has 0 saturated carbocycles. The van der Waals surface area contributed by atoms with Crippen LogP contribution in [0.4, 0.5) is 0 Å². The summed E-state index contributed by atoms with van der Waals surface area (Å²) in [6.07, 6.45) is 0. The quantitative estimate of drug-likeness (QED) is 0.736. The molecule has 3 nitrogen and oxygen atoms in total. The van der Waals surface area contributed by atoms with Gasteiger partial charge in [-0.1, -0.05) is 19.1 Å². The van der Waals surface area contributed by atoms with E-state index in [1.165, 1.54) is 5.56 Å². The Kier molecular flexibility index (Phi) is 6.11. The molecule has 0 heterocycles. The summed E-state index contributed by atoms with van der Waals surface area (Å²) in [4.78, 5) is 0. The number of hydrogen-bond donors (Lipinski definition) is 1. The molecule has 0 fully saturated rings. The van der Waals surface area contributed by atoms with E-state index in [1.807, 2.05) is 31.2 Å². The van der Waals surface area contributed by atoms with E-state index in [1.54, 1.807) is 7.11 Å². The zero-order chi connectivity index (χ0) is 11.8. The highest BCUT2D eigenvalue weighted by Gasteiger charge is 1.96. The molecule has 0 aromatic heterocycles. The number of rotatable bonds is 7. The van der Waals surface area contributed by atoms with Crippen molar-refractivity contribution in [1.29, 1.82) is 0 Å². The van der Waals surface area contributed by atoms with Gasteiger partial charge in [0.25, 0.3) is 0 Å². The first-order valence-corrected chi connectivity index (χ1v) is 6.93. The van der Waals surface area contributed by atoms with E-state index in [9.17, 15) is 4.21 Å². The number of nitrogens with one attached hydrogen (secondary N) is 1. The molecule has 0 saturated heterocycles. The minimum atomic E-state index is -0.672. The van der Waals surface area contributed by atoms with Crippen LogP contribution in [0, 0.1) is 0 Å². The molecule has 0 bridgehead atoms. The normalized spacial score (nSPS) is 12.4.